The monoisotopic (exact) mass is 379 g/mol. The van der Waals surface area contributed by atoms with E-state index >= 15 is 0 Å². The van der Waals surface area contributed by atoms with Crippen LogP contribution in [0.2, 0.25) is 0 Å². The zero-order valence-corrected chi connectivity index (χ0v) is 15.6. The van der Waals surface area contributed by atoms with E-state index in [1.807, 2.05) is 29.6 Å². The third kappa shape index (κ3) is 4.26. The Balaban J connectivity index is 1.64. The van der Waals surface area contributed by atoms with Crippen molar-refractivity contribution >= 4 is 33.0 Å². The summed E-state index contributed by atoms with van der Waals surface area (Å²) in [6.45, 7) is 2.39. The number of nitrogens with zero attached hydrogens (tertiary/aromatic N) is 2. The van der Waals surface area contributed by atoms with Crippen molar-refractivity contribution in [1.82, 2.24) is 9.29 Å². The number of aromatic nitrogens is 1. The van der Waals surface area contributed by atoms with Gasteiger partial charge in [0.05, 0.1) is 22.9 Å². The maximum Gasteiger partial charge on any atom is 0.228 e. The molecule has 1 aromatic heterocycles. The molecule has 1 aliphatic heterocycles. The van der Waals surface area contributed by atoms with Gasteiger partial charge in [-0.3, -0.25) is 4.79 Å². The molecule has 1 aliphatic rings. The number of benzene rings is 1. The average Bonchev–Trinajstić information content (AvgIpc) is 3.17. The Bertz CT molecular complexity index is 817. The molecule has 1 atom stereocenters. The molecule has 1 saturated heterocycles. The summed E-state index contributed by atoms with van der Waals surface area (Å²) in [6.07, 6.45) is 1.42. The highest BCUT2D eigenvalue weighted by Gasteiger charge is 2.31. The first-order valence-electron chi connectivity index (χ1n) is 8.27. The Morgan fingerprint density at radius 1 is 1.36 bits per heavy atom. The van der Waals surface area contributed by atoms with Crippen molar-refractivity contribution in [3.05, 3.63) is 35.2 Å². The molecule has 0 bridgehead atoms. The largest absolute Gasteiger partial charge is 0.326 e. The van der Waals surface area contributed by atoms with Gasteiger partial charge >= 0.3 is 0 Å². The Hall–Kier alpha value is -1.77. The summed E-state index contributed by atoms with van der Waals surface area (Å²) in [7, 11) is -3.24. The molecule has 0 radical (unpaired) electrons. The van der Waals surface area contributed by atoms with Crippen LogP contribution in [0, 0.1) is 5.92 Å². The van der Waals surface area contributed by atoms with Gasteiger partial charge in [-0.15, -0.1) is 11.3 Å². The van der Waals surface area contributed by atoms with Gasteiger partial charge in [0.2, 0.25) is 15.9 Å². The SMILES string of the molecule is CCS(=O)(=O)N1CCC[C@@H](C(=O)Nc2ccc(-c3cscn3)cc2)C1. The lowest BCUT2D eigenvalue weighted by Gasteiger charge is -2.30. The number of carbonyl (C=O) groups excluding carboxylic acids is 1. The zero-order valence-electron chi connectivity index (χ0n) is 14.0. The third-order valence-electron chi connectivity index (χ3n) is 4.39. The Labute approximate surface area is 151 Å². The van der Waals surface area contributed by atoms with Crippen LogP contribution in [0.5, 0.6) is 0 Å². The predicted molar refractivity (Wildman–Crippen MR) is 99.9 cm³/mol. The van der Waals surface area contributed by atoms with Crippen LogP contribution in [0.25, 0.3) is 11.3 Å². The van der Waals surface area contributed by atoms with Crippen molar-refractivity contribution in [3.63, 3.8) is 0 Å². The van der Waals surface area contributed by atoms with E-state index in [1.165, 1.54) is 15.6 Å². The van der Waals surface area contributed by atoms with Crippen LogP contribution in [0.4, 0.5) is 5.69 Å². The van der Waals surface area contributed by atoms with Crippen molar-refractivity contribution in [2.45, 2.75) is 19.8 Å². The van der Waals surface area contributed by atoms with Crippen molar-refractivity contribution < 1.29 is 13.2 Å². The van der Waals surface area contributed by atoms with Crippen molar-refractivity contribution in [1.29, 1.82) is 0 Å². The lowest BCUT2D eigenvalue weighted by Crippen LogP contribution is -2.44. The predicted octanol–water partition coefficient (Wildman–Crippen LogP) is 2.81. The number of hydrogen-bond acceptors (Lipinski definition) is 5. The second kappa shape index (κ2) is 7.63. The summed E-state index contributed by atoms with van der Waals surface area (Å²) in [5.74, 6) is -0.370. The molecule has 0 saturated carbocycles. The fourth-order valence-electron chi connectivity index (χ4n) is 2.92. The number of piperidine rings is 1. The molecular formula is C17H21N3O3S2. The first-order valence-corrected chi connectivity index (χ1v) is 10.8. The topological polar surface area (TPSA) is 79.4 Å². The molecule has 6 nitrogen and oxygen atoms in total. The summed E-state index contributed by atoms with van der Waals surface area (Å²) in [5.41, 5.74) is 4.40. The molecule has 2 heterocycles. The standard InChI is InChI=1S/C17H21N3O3S2/c1-2-25(22,23)20-9-3-4-14(10-20)17(21)19-15-7-5-13(6-8-15)16-11-24-12-18-16/h5-8,11-12,14H,2-4,9-10H2,1H3,(H,19,21)/t14-/m1/s1. The zero-order chi connectivity index (χ0) is 17.9. The lowest BCUT2D eigenvalue weighted by molar-refractivity contribution is -0.120. The molecule has 1 fully saturated rings. The van der Waals surface area contributed by atoms with Crippen LogP contribution < -0.4 is 5.32 Å². The van der Waals surface area contributed by atoms with E-state index in [-0.39, 0.29) is 24.1 Å². The first kappa shape index (κ1) is 18.0. The number of nitrogens with one attached hydrogen (secondary N) is 1. The minimum absolute atomic E-state index is 0.0689. The highest BCUT2D eigenvalue weighted by molar-refractivity contribution is 7.89. The van der Waals surface area contributed by atoms with Crippen LogP contribution >= 0.6 is 11.3 Å². The van der Waals surface area contributed by atoms with Crippen molar-refractivity contribution in [2.75, 3.05) is 24.2 Å². The second-order valence-corrected chi connectivity index (χ2v) is 9.01. The molecule has 8 heteroatoms. The number of amides is 1. The van der Waals surface area contributed by atoms with Crippen LogP contribution in [0.15, 0.2) is 35.2 Å². The number of anilines is 1. The van der Waals surface area contributed by atoms with Gasteiger partial charge in [0.15, 0.2) is 0 Å². The van der Waals surface area contributed by atoms with Gasteiger partial charge in [-0.25, -0.2) is 17.7 Å². The van der Waals surface area contributed by atoms with Gasteiger partial charge in [-0.1, -0.05) is 12.1 Å². The normalized spacial score (nSPS) is 18.8. The smallest absolute Gasteiger partial charge is 0.228 e. The lowest BCUT2D eigenvalue weighted by atomic mass is 9.98. The Kier molecular flexibility index (Phi) is 5.51. The maximum atomic E-state index is 12.5. The van der Waals surface area contributed by atoms with Crippen LogP contribution in [-0.2, 0) is 14.8 Å². The van der Waals surface area contributed by atoms with Gasteiger partial charge in [0.25, 0.3) is 0 Å². The Morgan fingerprint density at radius 3 is 2.76 bits per heavy atom. The van der Waals surface area contributed by atoms with Crippen molar-refractivity contribution in [3.8, 4) is 11.3 Å². The summed E-state index contributed by atoms with van der Waals surface area (Å²) < 4.78 is 25.5. The molecule has 2 aromatic rings. The van der Waals surface area contributed by atoms with Gasteiger partial charge in [0, 0.05) is 29.7 Å². The van der Waals surface area contributed by atoms with Crippen LogP contribution in [-0.4, -0.2) is 42.5 Å². The van der Waals surface area contributed by atoms with Gasteiger partial charge in [-0.05, 0) is 31.9 Å². The molecule has 0 spiro atoms. The molecule has 1 N–H and O–H groups in total. The fraction of sp³-hybridized carbons (Fsp3) is 0.412. The van der Waals surface area contributed by atoms with Crippen LogP contribution in [0.1, 0.15) is 19.8 Å². The number of thiazole rings is 1. The molecule has 1 aromatic carbocycles. The number of sulfonamides is 1. The number of hydrogen-bond donors (Lipinski definition) is 1. The average molecular weight is 380 g/mol. The first-order chi connectivity index (χ1) is 12.0. The second-order valence-electron chi connectivity index (χ2n) is 6.04. The highest BCUT2D eigenvalue weighted by Crippen LogP contribution is 2.23. The summed E-state index contributed by atoms with van der Waals surface area (Å²) in [5, 5.41) is 4.87. The Morgan fingerprint density at radius 2 is 2.12 bits per heavy atom. The van der Waals surface area contributed by atoms with E-state index < -0.39 is 10.0 Å². The number of rotatable bonds is 5. The minimum Gasteiger partial charge on any atom is -0.326 e. The molecular weight excluding hydrogens is 358 g/mol. The molecule has 1 amide bonds. The van der Waals surface area contributed by atoms with E-state index in [0.717, 1.165) is 11.3 Å². The highest BCUT2D eigenvalue weighted by atomic mass is 32.2. The molecule has 134 valence electrons. The fourth-order valence-corrected chi connectivity index (χ4v) is 4.66. The van der Waals surface area contributed by atoms with E-state index in [4.69, 9.17) is 0 Å². The quantitative estimate of drug-likeness (QED) is 0.866. The molecule has 0 unspecified atom stereocenters. The minimum atomic E-state index is -3.24. The molecule has 0 aliphatic carbocycles. The molecule has 3 rings (SSSR count). The molecule has 25 heavy (non-hydrogen) atoms. The van der Waals surface area contributed by atoms with E-state index in [2.05, 4.69) is 10.3 Å². The summed E-state index contributed by atoms with van der Waals surface area (Å²) in [6, 6.07) is 7.52. The van der Waals surface area contributed by atoms with Crippen LogP contribution in [0.3, 0.4) is 0 Å². The van der Waals surface area contributed by atoms with E-state index in [1.54, 1.807) is 12.4 Å². The third-order valence-corrected chi connectivity index (χ3v) is 6.83. The maximum absolute atomic E-state index is 12.5. The van der Waals surface area contributed by atoms with Gasteiger partial charge in [-0.2, -0.15) is 0 Å². The van der Waals surface area contributed by atoms with Gasteiger partial charge < -0.3 is 5.32 Å². The number of carbonyl (C=O) groups is 1. The summed E-state index contributed by atoms with van der Waals surface area (Å²) >= 11 is 1.54. The van der Waals surface area contributed by atoms with E-state index in [0.29, 0.717) is 25.1 Å². The summed E-state index contributed by atoms with van der Waals surface area (Å²) in [4.78, 5) is 16.8. The van der Waals surface area contributed by atoms with Crippen molar-refractivity contribution in [2.24, 2.45) is 5.92 Å². The van der Waals surface area contributed by atoms with Gasteiger partial charge in [0.1, 0.15) is 0 Å². The van der Waals surface area contributed by atoms with E-state index in [9.17, 15) is 13.2 Å².